The summed E-state index contributed by atoms with van der Waals surface area (Å²) in [4.78, 5) is 11.8. The zero-order valence-electron chi connectivity index (χ0n) is 20.6. The summed E-state index contributed by atoms with van der Waals surface area (Å²) in [5, 5.41) is 9.31. The van der Waals surface area contributed by atoms with Crippen LogP contribution in [0.1, 0.15) is 55.5 Å². The number of hydrogen-bond acceptors (Lipinski definition) is 6. The monoisotopic (exact) mass is 535 g/mol. The molecular formula is C25H26ClF4N7. The van der Waals surface area contributed by atoms with Crippen molar-refractivity contribution in [2.24, 2.45) is 5.41 Å². The Bertz CT molecular complexity index is 1370. The Morgan fingerprint density at radius 1 is 1.08 bits per heavy atom. The molecule has 1 aliphatic carbocycles. The first-order valence-electron chi connectivity index (χ1n) is 12.2. The maximum Gasteiger partial charge on any atom is 0.406 e. The van der Waals surface area contributed by atoms with E-state index in [0.717, 1.165) is 37.4 Å². The molecule has 0 unspecified atom stereocenters. The Labute approximate surface area is 216 Å². The minimum absolute atomic E-state index is 0.0126. The summed E-state index contributed by atoms with van der Waals surface area (Å²) in [6, 6.07) is 5.31. The van der Waals surface area contributed by atoms with Crippen molar-refractivity contribution in [1.82, 2.24) is 29.6 Å². The van der Waals surface area contributed by atoms with Crippen LogP contribution in [0.2, 0.25) is 5.02 Å². The first-order valence-corrected chi connectivity index (χ1v) is 12.5. The standard InChI is InChI=1S/C25H26ClF4N7/c1-14-18(27)9-31-22(32-14)35-12-24(13-35)7-16(8-24)21-34-33-20-11-36(23(2,3)25(28,29)30)10-15-6-17(26)4-5-19(15)37(20)21/h4-6,9,16H,7-8,10-13H2,1-3H3. The lowest BCUT2D eigenvalue weighted by atomic mass is 9.57. The molecule has 2 fully saturated rings. The molecule has 4 heterocycles. The van der Waals surface area contributed by atoms with Gasteiger partial charge in [0, 0.05) is 36.0 Å². The second-order valence-electron chi connectivity index (χ2n) is 11.1. The Morgan fingerprint density at radius 2 is 1.81 bits per heavy atom. The highest BCUT2D eigenvalue weighted by Gasteiger charge is 2.55. The summed E-state index contributed by atoms with van der Waals surface area (Å²) in [5.74, 6) is 1.49. The molecule has 37 heavy (non-hydrogen) atoms. The molecule has 0 bridgehead atoms. The summed E-state index contributed by atoms with van der Waals surface area (Å²) < 4.78 is 57.4. The number of alkyl halides is 3. The van der Waals surface area contributed by atoms with Crippen molar-refractivity contribution in [1.29, 1.82) is 0 Å². The summed E-state index contributed by atoms with van der Waals surface area (Å²) in [6.07, 6.45) is -1.47. The summed E-state index contributed by atoms with van der Waals surface area (Å²) >= 11 is 6.25. The van der Waals surface area contributed by atoms with Gasteiger partial charge in [-0.1, -0.05) is 11.6 Å². The van der Waals surface area contributed by atoms with Crippen LogP contribution >= 0.6 is 11.6 Å². The normalized spacial score (nSPS) is 19.7. The Kier molecular flexibility index (Phi) is 5.37. The van der Waals surface area contributed by atoms with E-state index in [2.05, 4.69) is 20.2 Å². The number of aromatic nitrogens is 5. The molecule has 0 atom stereocenters. The number of rotatable bonds is 3. The molecular weight excluding hydrogens is 510 g/mol. The van der Waals surface area contributed by atoms with Crippen LogP contribution in [-0.4, -0.2) is 54.4 Å². The second kappa shape index (κ2) is 8.10. The molecule has 1 saturated heterocycles. The SMILES string of the molecule is Cc1nc(N2CC3(CC(c4nnc5n4-c4ccc(Cl)cc4CN(C(C)(C)C(F)(F)F)C5)C3)C2)ncc1F. The number of fused-ring (bicyclic) bond motifs is 3. The lowest BCUT2D eigenvalue weighted by Gasteiger charge is -2.58. The molecule has 1 spiro atoms. The lowest BCUT2D eigenvalue weighted by molar-refractivity contribution is -0.224. The van der Waals surface area contributed by atoms with E-state index in [1.807, 2.05) is 15.5 Å². The predicted octanol–water partition coefficient (Wildman–Crippen LogP) is 5.20. The van der Waals surface area contributed by atoms with Gasteiger partial charge in [0.1, 0.15) is 11.4 Å². The number of nitrogens with zero attached hydrogens (tertiary/aromatic N) is 7. The topological polar surface area (TPSA) is 63.0 Å². The fourth-order valence-electron chi connectivity index (χ4n) is 5.79. The molecule has 3 aromatic rings. The largest absolute Gasteiger partial charge is 0.406 e. The molecule has 12 heteroatoms. The third-order valence-corrected chi connectivity index (χ3v) is 8.42. The maximum absolute atomic E-state index is 14.0. The molecule has 3 aliphatic rings. The van der Waals surface area contributed by atoms with Crippen molar-refractivity contribution in [3.8, 4) is 5.69 Å². The molecule has 0 amide bonds. The highest BCUT2D eigenvalue weighted by atomic mass is 35.5. The van der Waals surface area contributed by atoms with Gasteiger partial charge in [0.05, 0.1) is 24.1 Å². The van der Waals surface area contributed by atoms with Crippen LogP contribution in [0.15, 0.2) is 24.4 Å². The molecule has 0 N–H and O–H groups in total. The van der Waals surface area contributed by atoms with Gasteiger partial charge < -0.3 is 4.90 Å². The summed E-state index contributed by atoms with van der Waals surface area (Å²) in [7, 11) is 0. The molecule has 0 radical (unpaired) electrons. The minimum atomic E-state index is -4.42. The highest BCUT2D eigenvalue weighted by molar-refractivity contribution is 6.30. The Hall–Kier alpha value is -2.79. The molecule has 7 nitrogen and oxygen atoms in total. The molecule has 2 aromatic heterocycles. The van der Waals surface area contributed by atoms with E-state index in [9.17, 15) is 17.6 Å². The fourth-order valence-corrected chi connectivity index (χ4v) is 5.98. The zero-order chi connectivity index (χ0) is 26.3. The van der Waals surface area contributed by atoms with E-state index in [1.54, 1.807) is 19.1 Å². The molecule has 1 saturated carbocycles. The van der Waals surface area contributed by atoms with E-state index in [1.165, 1.54) is 24.9 Å². The quantitative estimate of drug-likeness (QED) is 0.430. The van der Waals surface area contributed by atoms with Crippen LogP contribution in [0.5, 0.6) is 0 Å². The van der Waals surface area contributed by atoms with Crippen LogP contribution in [0, 0.1) is 18.2 Å². The number of hydrogen-bond donors (Lipinski definition) is 0. The molecule has 6 rings (SSSR count). The van der Waals surface area contributed by atoms with E-state index in [4.69, 9.17) is 11.6 Å². The van der Waals surface area contributed by atoms with Gasteiger partial charge in [-0.25, -0.2) is 14.4 Å². The van der Waals surface area contributed by atoms with Crippen LogP contribution in [-0.2, 0) is 13.1 Å². The zero-order valence-corrected chi connectivity index (χ0v) is 21.4. The number of benzene rings is 1. The summed E-state index contributed by atoms with van der Waals surface area (Å²) in [6.45, 7) is 5.65. The van der Waals surface area contributed by atoms with Gasteiger partial charge in [0.2, 0.25) is 5.95 Å². The van der Waals surface area contributed by atoms with Gasteiger partial charge in [-0.05, 0) is 57.4 Å². The van der Waals surface area contributed by atoms with Gasteiger partial charge in [-0.2, -0.15) is 13.2 Å². The van der Waals surface area contributed by atoms with Crippen LogP contribution in [0.4, 0.5) is 23.5 Å². The van der Waals surface area contributed by atoms with Gasteiger partial charge in [-0.15, -0.1) is 10.2 Å². The van der Waals surface area contributed by atoms with Crippen molar-refractivity contribution < 1.29 is 17.6 Å². The van der Waals surface area contributed by atoms with Crippen molar-refractivity contribution in [3.63, 3.8) is 0 Å². The third-order valence-electron chi connectivity index (χ3n) is 8.18. The second-order valence-corrected chi connectivity index (χ2v) is 11.5. The van der Waals surface area contributed by atoms with Gasteiger partial charge in [0.25, 0.3) is 0 Å². The van der Waals surface area contributed by atoms with E-state index in [-0.39, 0.29) is 24.4 Å². The van der Waals surface area contributed by atoms with Crippen molar-refractivity contribution in [2.45, 2.75) is 64.3 Å². The minimum Gasteiger partial charge on any atom is -0.340 e. The molecule has 196 valence electrons. The van der Waals surface area contributed by atoms with E-state index in [0.29, 0.717) is 28.1 Å². The van der Waals surface area contributed by atoms with E-state index >= 15 is 0 Å². The predicted molar refractivity (Wildman–Crippen MR) is 129 cm³/mol. The van der Waals surface area contributed by atoms with Gasteiger partial charge >= 0.3 is 6.18 Å². The Morgan fingerprint density at radius 3 is 2.49 bits per heavy atom. The third kappa shape index (κ3) is 3.89. The van der Waals surface area contributed by atoms with Crippen molar-refractivity contribution in [2.75, 3.05) is 18.0 Å². The first-order chi connectivity index (χ1) is 17.4. The fraction of sp³-hybridized carbons (Fsp3) is 0.520. The van der Waals surface area contributed by atoms with Gasteiger partial charge in [-0.3, -0.25) is 9.47 Å². The van der Waals surface area contributed by atoms with Crippen LogP contribution in [0.25, 0.3) is 5.69 Å². The smallest absolute Gasteiger partial charge is 0.340 e. The van der Waals surface area contributed by atoms with Crippen LogP contribution < -0.4 is 4.90 Å². The highest BCUT2D eigenvalue weighted by Crippen LogP contribution is 2.56. The van der Waals surface area contributed by atoms with Crippen molar-refractivity contribution >= 4 is 17.5 Å². The number of halogens is 5. The first kappa shape index (κ1) is 24.5. The lowest BCUT2D eigenvalue weighted by Crippen LogP contribution is -2.62. The average molecular weight is 536 g/mol. The summed E-state index contributed by atoms with van der Waals surface area (Å²) in [5.41, 5.74) is -0.167. The average Bonchev–Trinajstić information content (AvgIpc) is 3.08. The Balaban J connectivity index is 1.26. The van der Waals surface area contributed by atoms with Crippen LogP contribution in [0.3, 0.4) is 0 Å². The molecule has 2 aliphatic heterocycles. The van der Waals surface area contributed by atoms with Gasteiger partial charge in [0.15, 0.2) is 11.6 Å². The maximum atomic E-state index is 14.0. The number of anilines is 1. The number of aryl methyl sites for hydroxylation is 1. The van der Waals surface area contributed by atoms with E-state index < -0.39 is 17.5 Å². The van der Waals surface area contributed by atoms with Crippen molar-refractivity contribution in [3.05, 3.63) is 58.1 Å². The molecule has 1 aromatic carbocycles.